The van der Waals surface area contributed by atoms with Gasteiger partial charge in [0.25, 0.3) is 0 Å². The van der Waals surface area contributed by atoms with Crippen LogP contribution in [0.5, 0.6) is 5.88 Å². The largest absolute Gasteiger partial charge is 0.493 e. The molecule has 4 heteroatoms. The van der Waals surface area contributed by atoms with Crippen molar-refractivity contribution < 1.29 is 14.6 Å². The highest BCUT2D eigenvalue weighted by atomic mass is 16.5. The zero-order valence-electron chi connectivity index (χ0n) is 8.02. The molecule has 1 N–H and O–H groups in total. The molecule has 1 aromatic heterocycles. The lowest BCUT2D eigenvalue weighted by atomic mass is 9.94. The van der Waals surface area contributed by atoms with Crippen LogP contribution in [0, 0.1) is 0 Å². The quantitative estimate of drug-likeness (QED) is 0.633. The molecule has 0 unspecified atom stereocenters. The lowest BCUT2D eigenvalue weighted by molar-refractivity contribution is 0.0234. The smallest absolute Gasteiger partial charge is 0.340 e. The van der Waals surface area contributed by atoms with E-state index in [1.165, 1.54) is 6.07 Å². The summed E-state index contributed by atoms with van der Waals surface area (Å²) in [5, 5.41) is 9.22. The number of ether oxygens (including phenoxy) is 1. The first-order valence-electron chi connectivity index (χ1n) is 4.50. The summed E-state index contributed by atoms with van der Waals surface area (Å²) >= 11 is 0. The number of nitrogens with zero attached hydrogens (tertiary/aromatic N) is 1. The molecule has 4 nitrogen and oxygen atoms in total. The molecule has 2 atom stereocenters. The second-order valence-corrected chi connectivity index (χ2v) is 3.50. The van der Waals surface area contributed by atoms with Crippen LogP contribution in [-0.2, 0) is 4.74 Å². The maximum atomic E-state index is 11.4. The van der Waals surface area contributed by atoms with Gasteiger partial charge in [-0.2, -0.15) is 0 Å². The molecule has 0 aromatic carbocycles. The van der Waals surface area contributed by atoms with E-state index >= 15 is 0 Å². The molecule has 0 spiro atoms. The first kappa shape index (κ1) is 8.99. The van der Waals surface area contributed by atoms with Crippen LogP contribution in [0.25, 0.3) is 0 Å². The van der Waals surface area contributed by atoms with E-state index in [-0.39, 0.29) is 23.9 Å². The Kier molecular flexibility index (Phi) is 1.91. The van der Waals surface area contributed by atoms with Crippen molar-refractivity contribution in [2.45, 2.75) is 25.9 Å². The van der Waals surface area contributed by atoms with Crippen molar-refractivity contribution in [1.29, 1.82) is 0 Å². The topological polar surface area (TPSA) is 59.4 Å². The number of esters is 1. The number of pyridine rings is 1. The number of aromatic nitrogens is 1. The van der Waals surface area contributed by atoms with Crippen molar-refractivity contribution in [3.63, 3.8) is 0 Å². The normalized spacial score (nSPS) is 25.4. The van der Waals surface area contributed by atoms with E-state index in [9.17, 15) is 9.90 Å². The van der Waals surface area contributed by atoms with Gasteiger partial charge in [0.15, 0.2) is 0 Å². The van der Waals surface area contributed by atoms with Crippen molar-refractivity contribution in [2.24, 2.45) is 0 Å². The Morgan fingerprint density at radius 3 is 2.86 bits per heavy atom. The molecule has 1 aliphatic rings. The van der Waals surface area contributed by atoms with Crippen molar-refractivity contribution in [3.8, 4) is 5.88 Å². The molecule has 1 aromatic rings. The highest BCUT2D eigenvalue weighted by molar-refractivity contribution is 5.92. The summed E-state index contributed by atoms with van der Waals surface area (Å²) in [6.45, 7) is 3.74. The van der Waals surface area contributed by atoms with Gasteiger partial charge < -0.3 is 9.84 Å². The van der Waals surface area contributed by atoms with Crippen LogP contribution in [-0.4, -0.2) is 22.2 Å². The fraction of sp³-hybridized carbons (Fsp3) is 0.400. The van der Waals surface area contributed by atoms with E-state index in [1.807, 2.05) is 13.8 Å². The second kappa shape index (κ2) is 2.97. The van der Waals surface area contributed by atoms with Gasteiger partial charge in [-0.25, -0.2) is 9.78 Å². The predicted molar refractivity (Wildman–Crippen MR) is 49.2 cm³/mol. The molecule has 1 aliphatic heterocycles. The van der Waals surface area contributed by atoms with Crippen LogP contribution in [0.3, 0.4) is 0 Å². The predicted octanol–water partition coefficient (Wildman–Crippen LogP) is 1.45. The van der Waals surface area contributed by atoms with Gasteiger partial charge in [0.1, 0.15) is 6.10 Å². The summed E-state index contributed by atoms with van der Waals surface area (Å²) < 4.78 is 5.10. The minimum absolute atomic E-state index is 0.0230. The summed E-state index contributed by atoms with van der Waals surface area (Å²) in [6, 6.07) is 2.94. The molecule has 0 amide bonds. The van der Waals surface area contributed by atoms with E-state index in [0.717, 1.165) is 0 Å². The third-order valence-electron chi connectivity index (χ3n) is 2.56. The Balaban J connectivity index is 2.56. The number of rotatable bonds is 0. The first-order chi connectivity index (χ1) is 6.59. The standard InChI is InChI=1S/C10H11NO3/c1-5-6(2)14-10(13)7-3-4-8(12)11-9(5)7/h3-6H,1-2H3,(H,11,12)/t5-,6-/m0/s1. The van der Waals surface area contributed by atoms with Gasteiger partial charge in [-0.3, -0.25) is 0 Å². The summed E-state index contributed by atoms with van der Waals surface area (Å²) in [4.78, 5) is 15.4. The second-order valence-electron chi connectivity index (χ2n) is 3.50. The fourth-order valence-corrected chi connectivity index (χ4v) is 1.54. The molecule has 74 valence electrons. The van der Waals surface area contributed by atoms with Gasteiger partial charge in [0.05, 0.1) is 11.3 Å². The van der Waals surface area contributed by atoms with E-state index in [0.29, 0.717) is 11.3 Å². The van der Waals surface area contributed by atoms with Gasteiger partial charge >= 0.3 is 5.97 Å². The molecule has 0 fully saturated rings. The Morgan fingerprint density at radius 2 is 2.14 bits per heavy atom. The molecule has 14 heavy (non-hydrogen) atoms. The zero-order valence-corrected chi connectivity index (χ0v) is 8.02. The van der Waals surface area contributed by atoms with Crippen molar-refractivity contribution in [3.05, 3.63) is 23.4 Å². The van der Waals surface area contributed by atoms with E-state index in [2.05, 4.69) is 4.98 Å². The Hall–Kier alpha value is -1.58. The maximum absolute atomic E-state index is 11.4. The van der Waals surface area contributed by atoms with Gasteiger partial charge in [0.2, 0.25) is 5.88 Å². The van der Waals surface area contributed by atoms with Crippen LogP contribution < -0.4 is 0 Å². The summed E-state index contributed by atoms with van der Waals surface area (Å²) in [5.41, 5.74) is 1.07. The minimum Gasteiger partial charge on any atom is -0.493 e. The monoisotopic (exact) mass is 193 g/mol. The average molecular weight is 193 g/mol. The molecule has 2 rings (SSSR count). The number of cyclic esters (lactones) is 1. The Labute approximate surface area is 81.5 Å². The highest BCUT2D eigenvalue weighted by Crippen LogP contribution is 2.30. The molecule has 2 heterocycles. The van der Waals surface area contributed by atoms with Crippen LogP contribution in [0.15, 0.2) is 12.1 Å². The van der Waals surface area contributed by atoms with Crippen LogP contribution in [0.4, 0.5) is 0 Å². The Bertz CT molecular complexity index is 389. The highest BCUT2D eigenvalue weighted by Gasteiger charge is 2.31. The Morgan fingerprint density at radius 1 is 1.43 bits per heavy atom. The third kappa shape index (κ3) is 1.23. The van der Waals surface area contributed by atoms with Gasteiger partial charge in [0, 0.05) is 12.0 Å². The molecule has 0 saturated heterocycles. The number of carbonyl (C=O) groups excluding carboxylic acids is 1. The number of carbonyl (C=O) groups is 1. The summed E-state index contributed by atoms with van der Waals surface area (Å²) in [5.74, 6) is -0.398. The molecule has 0 radical (unpaired) electrons. The van der Waals surface area contributed by atoms with E-state index in [4.69, 9.17) is 4.74 Å². The summed E-state index contributed by atoms with van der Waals surface area (Å²) in [6.07, 6.45) is -0.190. The molecule has 0 aliphatic carbocycles. The maximum Gasteiger partial charge on any atom is 0.340 e. The minimum atomic E-state index is -0.363. The molecule has 0 saturated carbocycles. The number of hydrogen-bond acceptors (Lipinski definition) is 4. The SMILES string of the molecule is C[C@@H]1OC(=O)c2ccc(O)nc2[C@H]1C. The molecular formula is C10H11NO3. The van der Waals surface area contributed by atoms with Crippen LogP contribution in [0.2, 0.25) is 0 Å². The van der Waals surface area contributed by atoms with Crippen LogP contribution in [0.1, 0.15) is 35.8 Å². The average Bonchev–Trinajstić information content (AvgIpc) is 2.14. The number of aromatic hydroxyl groups is 1. The van der Waals surface area contributed by atoms with Gasteiger partial charge in [-0.15, -0.1) is 0 Å². The molecule has 0 bridgehead atoms. The zero-order chi connectivity index (χ0) is 10.3. The van der Waals surface area contributed by atoms with Crippen molar-refractivity contribution in [2.75, 3.05) is 0 Å². The fourth-order valence-electron chi connectivity index (χ4n) is 1.54. The van der Waals surface area contributed by atoms with E-state index in [1.54, 1.807) is 6.07 Å². The van der Waals surface area contributed by atoms with E-state index < -0.39 is 0 Å². The number of fused-ring (bicyclic) bond motifs is 1. The van der Waals surface area contributed by atoms with Crippen molar-refractivity contribution >= 4 is 5.97 Å². The van der Waals surface area contributed by atoms with Gasteiger partial charge in [-0.05, 0) is 13.0 Å². The summed E-state index contributed by atoms with van der Waals surface area (Å²) in [7, 11) is 0. The lowest BCUT2D eigenvalue weighted by Crippen LogP contribution is -2.29. The van der Waals surface area contributed by atoms with Crippen molar-refractivity contribution in [1.82, 2.24) is 4.98 Å². The number of hydrogen-bond donors (Lipinski definition) is 1. The molecular weight excluding hydrogens is 182 g/mol. The third-order valence-corrected chi connectivity index (χ3v) is 2.56. The lowest BCUT2D eigenvalue weighted by Gasteiger charge is -2.26. The first-order valence-corrected chi connectivity index (χ1v) is 4.50. The van der Waals surface area contributed by atoms with Gasteiger partial charge in [-0.1, -0.05) is 6.92 Å². The van der Waals surface area contributed by atoms with Crippen LogP contribution >= 0.6 is 0 Å².